The van der Waals surface area contributed by atoms with Crippen molar-refractivity contribution in [2.45, 2.75) is 57.9 Å². The molecule has 0 radical (unpaired) electrons. The van der Waals surface area contributed by atoms with Gasteiger partial charge in [0, 0.05) is 41.6 Å². The highest BCUT2D eigenvalue weighted by molar-refractivity contribution is 5.98. The summed E-state index contributed by atoms with van der Waals surface area (Å²) in [7, 11) is 0. The largest absolute Gasteiger partial charge is 0.376 e. The number of amides is 3. The van der Waals surface area contributed by atoms with Gasteiger partial charge in [-0.15, -0.1) is 0 Å². The second-order valence-electron chi connectivity index (χ2n) is 9.85. The molecule has 0 unspecified atom stereocenters. The third-order valence-corrected chi connectivity index (χ3v) is 6.98. The maximum Gasteiger partial charge on any atom is 0.253 e. The molecular formula is C28H36N4O3. The first-order valence-electron chi connectivity index (χ1n) is 12.8. The van der Waals surface area contributed by atoms with Gasteiger partial charge in [-0.25, -0.2) is 0 Å². The highest BCUT2D eigenvalue weighted by Gasteiger charge is 2.22. The number of carbonyl (C=O) groups is 3. The summed E-state index contributed by atoms with van der Waals surface area (Å²) in [5, 5.41) is 9.07. The van der Waals surface area contributed by atoms with E-state index in [1.54, 1.807) is 36.4 Å². The summed E-state index contributed by atoms with van der Waals surface area (Å²) >= 11 is 0. The van der Waals surface area contributed by atoms with Crippen LogP contribution in [0.2, 0.25) is 0 Å². The van der Waals surface area contributed by atoms with Crippen LogP contribution in [0.15, 0.2) is 48.5 Å². The summed E-state index contributed by atoms with van der Waals surface area (Å²) in [6.45, 7) is 3.82. The molecule has 2 fully saturated rings. The Hall–Kier alpha value is -3.35. The van der Waals surface area contributed by atoms with Crippen LogP contribution < -0.4 is 16.0 Å². The molecule has 3 amide bonds. The van der Waals surface area contributed by atoms with Crippen molar-refractivity contribution in [1.29, 1.82) is 0 Å². The molecular weight excluding hydrogens is 440 g/mol. The van der Waals surface area contributed by atoms with E-state index in [1.807, 2.05) is 17.0 Å². The highest BCUT2D eigenvalue weighted by Crippen LogP contribution is 2.20. The van der Waals surface area contributed by atoms with Crippen molar-refractivity contribution in [3.63, 3.8) is 0 Å². The minimum atomic E-state index is -0.224. The summed E-state index contributed by atoms with van der Waals surface area (Å²) < 4.78 is 0. The van der Waals surface area contributed by atoms with Gasteiger partial charge < -0.3 is 20.9 Å². The minimum Gasteiger partial charge on any atom is -0.376 e. The van der Waals surface area contributed by atoms with E-state index in [2.05, 4.69) is 22.9 Å². The third-order valence-electron chi connectivity index (χ3n) is 6.98. The minimum absolute atomic E-state index is 0.00874. The van der Waals surface area contributed by atoms with Gasteiger partial charge in [0.2, 0.25) is 5.91 Å². The normalized spacial score (nSPS) is 17.0. The second-order valence-corrected chi connectivity index (χ2v) is 9.85. The summed E-state index contributed by atoms with van der Waals surface area (Å²) in [5.74, 6) is 0.367. The Labute approximate surface area is 207 Å². The molecule has 0 spiro atoms. The fraction of sp³-hybridized carbons (Fsp3) is 0.464. The molecule has 1 saturated heterocycles. The monoisotopic (exact) mass is 476 g/mol. The van der Waals surface area contributed by atoms with E-state index >= 15 is 0 Å². The van der Waals surface area contributed by atoms with E-state index in [1.165, 1.54) is 6.42 Å². The van der Waals surface area contributed by atoms with Crippen molar-refractivity contribution in [3.05, 3.63) is 59.7 Å². The van der Waals surface area contributed by atoms with Crippen molar-refractivity contribution >= 4 is 29.1 Å². The van der Waals surface area contributed by atoms with Gasteiger partial charge >= 0.3 is 0 Å². The molecule has 7 nitrogen and oxygen atoms in total. The van der Waals surface area contributed by atoms with Crippen molar-refractivity contribution in [2.24, 2.45) is 5.92 Å². The Bertz CT molecular complexity index is 1040. The molecule has 2 aliphatic rings. The van der Waals surface area contributed by atoms with E-state index < -0.39 is 0 Å². The van der Waals surface area contributed by atoms with Crippen LogP contribution in [-0.4, -0.2) is 48.3 Å². The van der Waals surface area contributed by atoms with Gasteiger partial charge in [0.1, 0.15) is 0 Å². The first-order valence-corrected chi connectivity index (χ1v) is 12.8. The highest BCUT2D eigenvalue weighted by atomic mass is 16.2. The third kappa shape index (κ3) is 7.07. The van der Waals surface area contributed by atoms with Crippen molar-refractivity contribution in [3.8, 4) is 0 Å². The standard InChI is InChI=1S/C28H36N4O3/c1-20-13-15-32(16-14-20)28(35)22-8-6-12-25(18-22)30-26(33)19-29-24-11-5-7-21(17-24)27(34)31-23-9-3-2-4-10-23/h5-8,11-12,17-18,20,23,29H,2-4,9-10,13-16,19H2,1H3,(H,30,33)(H,31,34). The number of carbonyl (C=O) groups excluding carboxylic acids is 3. The van der Waals surface area contributed by atoms with Gasteiger partial charge in [-0.2, -0.15) is 0 Å². The lowest BCUT2D eigenvalue weighted by Gasteiger charge is -2.30. The van der Waals surface area contributed by atoms with Crippen LogP contribution in [-0.2, 0) is 4.79 Å². The maximum absolute atomic E-state index is 12.8. The molecule has 1 aliphatic heterocycles. The fourth-order valence-electron chi connectivity index (χ4n) is 4.80. The summed E-state index contributed by atoms with van der Waals surface area (Å²) in [4.78, 5) is 39.9. The summed E-state index contributed by atoms with van der Waals surface area (Å²) in [6, 6.07) is 14.5. The molecule has 2 aromatic carbocycles. The average Bonchev–Trinajstić information content (AvgIpc) is 2.88. The number of anilines is 2. The Morgan fingerprint density at radius 2 is 1.51 bits per heavy atom. The number of nitrogens with zero attached hydrogens (tertiary/aromatic N) is 1. The first kappa shape index (κ1) is 24.8. The molecule has 0 bridgehead atoms. The molecule has 2 aromatic rings. The molecule has 35 heavy (non-hydrogen) atoms. The van der Waals surface area contributed by atoms with Gasteiger partial charge in [-0.3, -0.25) is 14.4 Å². The number of piperidine rings is 1. The van der Waals surface area contributed by atoms with E-state index in [0.717, 1.165) is 51.6 Å². The Balaban J connectivity index is 1.28. The van der Waals surface area contributed by atoms with Gasteiger partial charge in [0.25, 0.3) is 11.8 Å². The predicted molar refractivity (Wildman–Crippen MR) is 139 cm³/mol. The Morgan fingerprint density at radius 3 is 2.26 bits per heavy atom. The van der Waals surface area contributed by atoms with Crippen LogP contribution in [0.25, 0.3) is 0 Å². The Kier molecular flexibility index (Phi) is 8.40. The molecule has 1 aliphatic carbocycles. The number of benzene rings is 2. The molecule has 0 atom stereocenters. The van der Waals surface area contributed by atoms with Gasteiger partial charge in [0.15, 0.2) is 0 Å². The molecule has 1 saturated carbocycles. The molecule has 4 rings (SSSR count). The van der Waals surface area contributed by atoms with Crippen LogP contribution in [0.5, 0.6) is 0 Å². The molecule has 0 aromatic heterocycles. The lowest BCUT2D eigenvalue weighted by atomic mass is 9.95. The quantitative estimate of drug-likeness (QED) is 0.542. The second kappa shape index (κ2) is 11.9. The van der Waals surface area contributed by atoms with Gasteiger partial charge in [-0.1, -0.05) is 38.3 Å². The van der Waals surface area contributed by atoms with Crippen LogP contribution >= 0.6 is 0 Å². The predicted octanol–water partition coefficient (Wildman–Crippen LogP) is 4.67. The average molecular weight is 477 g/mol. The van der Waals surface area contributed by atoms with Gasteiger partial charge in [0.05, 0.1) is 6.54 Å². The van der Waals surface area contributed by atoms with Crippen LogP contribution in [0, 0.1) is 5.92 Å². The van der Waals surface area contributed by atoms with Crippen molar-refractivity contribution in [2.75, 3.05) is 30.3 Å². The first-order chi connectivity index (χ1) is 17.0. The fourth-order valence-corrected chi connectivity index (χ4v) is 4.80. The number of hydrogen-bond donors (Lipinski definition) is 3. The van der Waals surface area contributed by atoms with Crippen molar-refractivity contribution < 1.29 is 14.4 Å². The molecule has 7 heteroatoms. The number of likely N-dealkylation sites (tertiary alicyclic amines) is 1. The molecule has 186 valence electrons. The van der Waals surface area contributed by atoms with E-state index in [0.29, 0.717) is 28.4 Å². The Morgan fingerprint density at radius 1 is 0.857 bits per heavy atom. The van der Waals surface area contributed by atoms with Gasteiger partial charge in [-0.05, 0) is 68.0 Å². The topological polar surface area (TPSA) is 90.5 Å². The molecule has 1 heterocycles. The zero-order valence-corrected chi connectivity index (χ0v) is 20.5. The lowest BCUT2D eigenvalue weighted by Crippen LogP contribution is -2.37. The van der Waals surface area contributed by atoms with Crippen LogP contribution in [0.4, 0.5) is 11.4 Å². The number of rotatable bonds is 7. The zero-order valence-electron chi connectivity index (χ0n) is 20.5. The number of nitrogens with one attached hydrogen (secondary N) is 3. The summed E-state index contributed by atoms with van der Waals surface area (Å²) in [5.41, 5.74) is 2.47. The zero-order chi connectivity index (χ0) is 24.6. The maximum atomic E-state index is 12.8. The van der Waals surface area contributed by atoms with E-state index in [4.69, 9.17) is 0 Å². The number of hydrogen-bond acceptors (Lipinski definition) is 4. The lowest BCUT2D eigenvalue weighted by molar-refractivity contribution is -0.114. The van der Waals surface area contributed by atoms with E-state index in [-0.39, 0.29) is 30.3 Å². The van der Waals surface area contributed by atoms with Crippen LogP contribution in [0.3, 0.4) is 0 Å². The molecule has 3 N–H and O–H groups in total. The van der Waals surface area contributed by atoms with Crippen molar-refractivity contribution in [1.82, 2.24) is 10.2 Å². The summed E-state index contributed by atoms with van der Waals surface area (Å²) in [6.07, 6.45) is 7.69. The smallest absolute Gasteiger partial charge is 0.253 e. The SMILES string of the molecule is CC1CCN(C(=O)c2cccc(NC(=O)CNc3cccc(C(=O)NC4CCCCC4)c3)c2)CC1. The van der Waals surface area contributed by atoms with E-state index in [9.17, 15) is 14.4 Å². The van der Waals surface area contributed by atoms with Crippen LogP contribution in [0.1, 0.15) is 72.6 Å².